The highest BCUT2D eigenvalue weighted by Crippen LogP contribution is 2.04. The molecule has 1 amide bonds. The van der Waals surface area contributed by atoms with Crippen LogP contribution in [0.25, 0.3) is 0 Å². The molecule has 0 fully saturated rings. The van der Waals surface area contributed by atoms with Crippen LogP contribution in [0, 0.1) is 0 Å². The minimum Gasteiger partial charge on any atom is -0.379 e. The number of unbranched alkanes of at least 4 members (excludes halogenated alkanes) is 2. The highest BCUT2D eigenvalue weighted by molar-refractivity contribution is 5.94. The highest BCUT2D eigenvalue weighted by Gasteiger charge is 2.05. The van der Waals surface area contributed by atoms with Gasteiger partial charge in [0.25, 0.3) is 5.91 Å². The summed E-state index contributed by atoms with van der Waals surface area (Å²) in [6, 6.07) is 7.61. The first kappa shape index (κ1) is 24.9. The molecule has 0 unspecified atom stereocenters. The van der Waals surface area contributed by atoms with E-state index in [0.29, 0.717) is 44.4 Å². The van der Waals surface area contributed by atoms with Crippen molar-refractivity contribution in [2.24, 2.45) is 4.99 Å². The van der Waals surface area contributed by atoms with Gasteiger partial charge in [0, 0.05) is 38.9 Å². The van der Waals surface area contributed by atoms with E-state index >= 15 is 0 Å². The van der Waals surface area contributed by atoms with E-state index in [1.807, 2.05) is 24.3 Å². The maximum Gasteiger partial charge on any atom is 0.251 e. The van der Waals surface area contributed by atoms with Gasteiger partial charge in [-0.1, -0.05) is 38.8 Å². The van der Waals surface area contributed by atoms with Gasteiger partial charge in [0.1, 0.15) is 0 Å². The molecule has 0 aromatic heterocycles. The Bertz CT molecular complexity index is 576. The van der Waals surface area contributed by atoms with Crippen molar-refractivity contribution < 1.29 is 14.3 Å². The summed E-state index contributed by atoms with van der Waals surface area (Å²) in [5, 5.41) is 9.40. The molecule has 7 heteroatoms. The largest absolute Gasteiger partial charge is 0.379 e. The van der Waals surface area contributed by atoms with Gasteiger partial charge in [-0.05, 0) is 30.5 Å². The standard InChI is InChI=1S/C22H38N4O3/c1-4-6-12-24-21(27)20-10-8-19(9-11-20)18-26-22(23-3)25-13-15-29-17-16-28-14-7-5-2/h8-11H,4-7,12-18H2,1-3H3,(H,24,27)(H2,23,25,26). The molecule has 0 saturated heterocycles. The lowest BCUT2D eigenvalue weighted by atomic mass is 10.1. The Kier molecular flexibility index (Phi) is 14.4. The van der Waals surface area contributed by atoms with Crippen LogP contribution >= 0.6 is 0 Å². The molecule has 29 heavy (non-hydrogen) atoms. The van der Waals surface area contributed by atoms with Crippen molar-refractivity contribution in [1.29, 1.82) is 0 Å². The van der Waals surface area contributed by atoms with Gasteiger partial charge < -0.3 is 25.4 Å². The molecule has 0 spiro atoms. The number of guanidine groups is 1. The van der Waals surface area contributed by atoms with Gasteiger partial charge in [-0.3, -0.25) is 9.79 Å². The maximum absolute atomic E-state index is 12.0. The Balaban J connectivity index is 2.19. The molecular weight excluding hydrogens is 368 g/mol. The molecule has 7 nitrogen and oxygen atoms in total. The third kappa shape index (κ3) is 12.1. The molecule has 0 bridgehead atoms. The normalized spacial score (nSPS) is 11.3. The van der Waals surface area contributed by atoms with Gasteiger partial charge in [0.15, 0.2) is 5.96 Å². The number of nitrogens with one attached hydrogen (secondary N) is 3. The predicted molar refractivity (Wildman–Crippen MR) is 118 cm³/mol. The van der Waals surface area contributed by atoms with Crippen LogP contribution in [0.5, 0.6) is 0 Å². The van der Waals surface area contributed by atoms with Gasteiger partial charge in [-0.25, -0.2) is 0 Å². The summed E-state index contributed by atoms with van der Waals surface area (Å²) in [6.45, 7) is 8.92. The van der Waals surface area contributed by atoms with Crippen molar-refractivity contribution in [3.05, 3.63) is 35.4 Å². The molecule has 0 heterocycles. The highest BCUT2D eigenvalue weighted by atomic mass is 16.5. The number of hydrogen-bond acceptors (Lipinski definition) is 4. The Labute approximate surface area is 175 Å². The second-order valence-corrected chi connectivity index (χ2v) is 6.74. The lowest BCUT2D eigenvalue weighted by molar-refractivity contribution is 0.0487. The number of carbonyl (C=O) groups excluding carboxylic acids is 1. The minimum absolute atomic E-state index is 0.0220. The van der Waals surface area contributed by atoms with Gasteiger partial charge in [-0.2, -0.15) is 0 Å². The summed E-state index contributed by atoms with van der Waals surface area (Å²) in [5.74, 6) is 0.695. The van der Waals surface area contributed by atoms with Crippen molar-refractivity contribution in [3.8, 4) is 0 Å². The number of hydrogen-bond donors (Lipinski definition) is 3. The lowest BCUT2D eigenvalue weighted by Gasteiger charge is -2.12. The molecule has 0 radical (unpaired) electrons. The van der Waals surface area contributed by atoms with Crippen LogP contribution in [0.1, 0.15) is 55.5 Å². The zero-order chi connectivity index (χ0) is 21.2. The number of amides is 1. The van der Waals surface area contributed by atoms with E-state index in [-0.39, 0.29) is 5.91 Å². The molecular formula is C22H38N4O3. The zero-order valence-electron chi connectivity index (χ0n) is 18.3. The van der Waals surface area contributed by atoms with E-state index in [0.717, 1.165) is 44.4 Å². The number of carbonyl (C=O) groups is 1. The number of aliphatic imine (C=N–C) groups is 1. The smallest absolute Gasteiger partial charge is 0.251 e. The van der Waals surface area contributed by atoms with E-state index in [1.54, 1.807) is 7.05 Å². The third-order valence-electron chi connectivity index (χ3n) is 4.27. The Morgan fingerprint density at radius 3 is 2.21 bits per heavy atom. The zero-order valence-corrected chi connectivity index (χ0v) is 18.3. The summed E-state index contributed by atoms with van der Waals surface area (Å²) in [6.07, 6.45) is 4.31. The van der Waals surface area contributed by atoms with E-state index in [4.69, 9.17) is 9.47 Å². The van der Waals surface area contributed by atoms with Crippen LogP contribution in [-0.2, 0) is 16.0 Å². The van der Waals surface area contributed by atoms with Crippen molar-refractivity contribution in [2.45, 2.75) is 46.1 Å². The first-order chi connectivity index (χ1) is 14.2. The molecule has 0 saturated carbocycles. The first-order valence-corrected chi connectivity index (χ1v) is 10.7. The van der Waals surface area contributed by atoms with Gasteiger partial charge in [0.2, 0.25) is 0 Å². The Hall–Kier alpha value is -2.12. The average molecular weight is 407 g/mol. The summed E-state index contributed by atoms with van der Waals surface area (Å²) >= 11 is 0. The van der Waals surface area contributed by atoms with Crippen molar-refractivity contribution in [2.75, 3.05) is 46.6 Å². The van der Waals surface area contributed by atoms with Crippen LogP contribution in [0.4, 0.5) is 0 Å². The van der Waals surface area contributed by atoms with Crippen LogP contribution in [0.2, 0.25) is 0 Å². The van der Waals surface area contributed by atoms with Crippen LogP contribution in [0.3, 0.4) is 0 Å². The predicted octanol–water partition coefficient (Wildman–Crippen LogP) is 2.71. The molecule has 1 aromatic rings. The molecule has 0 aliphatic carbocycles. The summed E-state index contributed by atoms with van der Waals surface area (Å²) in [4.78, 5) is 16.2. The number of nitrogens with zero attached hydrogens (tertiary/aromatic N) is 1. The van der Waals surface area contributed by atoms with Gasteiger partial charge in [0.05, 0.1) is 19.8 Å². The Morgan fingerprint density at radius 2 is 1.55 bits per heavy atom. The van der Waals surface area contributed by atoms with E-state index in [1.165, 1.54) is 0 Å². The van der Waals surface area contributed by atoms with Gasteiger partial charge in [-0.15, -0.1) is 0 Å². The molecule has 164 valence electrons. The fraction of sp³-hybridized carbons (Fsp3) is 0.636. The van der Waals surface area contributed by atoms with E-state index < -0.39 is 0 Å². The van der Waals surface area contributed by atoms with Crippen LogP contribution in [-0.4, -0.2) is 58.4 Å². The second-order valence-electron chi connectivity index (χ2n) is 6.74. The average Bonchev–Trinajstić information content (AvgIpc) is 2.75. The molecule has 0 atom stereocenters. The van der Waals surface area contributed by atoms with Crippen molar-refractivity contribution >= 4 is 11.9 Å². The molecule has 0 aliphatic rings. The molecule has 0 aliphatic heterocycles. The third-order valence-corrected chi connectivity index (χ3v) is 4.27. The topological polar surface area (TPSA) is 84.0 Å². The second kappa shape index (κ2) is 16.8. The molecule has 1 aromatic carbocycles. The summed E-state index contributed by atoms with van der Waals surface area (Å²) in [5.41, 5.74) is 1.77. The van der Waals surface area contributed by atoms with Crippen molar-refractivity contribution in [1.82, 2.24) is 16.0 Å². The molecule has 1 rings (SSSR count). The Morgan fingerprint density at radius 1 is 0.862 bits per heavy atom. The number of rotatable bonds is 15. The fourth-order valence-electron chi connectivity index (χ4n) is 2.47. The van der Waals surface area contributed by atoms with Crippen molar-refractivity contribution in [3.63, 3.8) is 0 Å². The van der Waals surface area contributed by atoms with Gasteiger partial charge >= 0.3 is 0 Å². The quantitative estimate of drug-likeness (QED) is 0.237. The van der Waals surface area contributed by atoms with Crippen LogP contribution < -0.4 is 16.0 Å². The van der Waals surface area contributed by atoms with E-state index in [2.05, 4.69) is 34.8 Å². The van der Waals surface area contributed by atoms with Crippen LogP contribution in [0.15, 0.2) is 29.3 Å². The van der Waals surface area contributed by atoms with E-state index in [9.17, 15) is 4.79 Å². The minimum atomic E-state index is -0.0220. The monoisotopic (exact) mass is 406 g/mol. The molecule has 3 N–H and O–H groups in total. The maximum atomic E-state index is 12.0. The number of benzene rings is 1. The summed E-state index contributed by atoms with van der Waals surface area (Å²) < 4.78 is 11.0. The lowest BCUT2D eigenvalue weighted by Crippen LogP contribution is -2.38. The first-order valence-electron chi connectivity index (χ1n) is 10.7. The SMILES string of the molecule is CCCCNC(=O)c1ccc(CNC(=NC)NCCOCCOCCCC)cc1. The summed E-state index contributed by atoms with van der Waals surface area (Å²) in [7, 11) is 1.74. The fourth-order valence-corrected chi connectivity index (χ4v) is 2.47. The number of ether oxygens (including phenoxy) is 2.